The number of fused-ring (bicyclic) bond motifs is 1. The fraction of sp³-hybridized carbons (Fsp3) is 0.200. The predicted molar refractivity (Wildman–Crippen MR) is 106 cm³/mol. The molecule has 9 heteroatoms. The van der Waals surface area contributed by atoms with Crippen molar-refractivity contribution in [2.45, 2.75) is 6.04 Å². The fourth-order valence-corrected chi connectivity index (χ4v) is 3.12. The van der Waals surface area contributed by atoms with Crippen LogP contribution >= 0.6 is 0 Å². The molecule has 0 aliphatic rings. The standard InChI is InChI=1S/C20H21N5O4/c1-21-18(26)17(19(27)23-29)25(3)20(28)13-6-4-12(5-7-13)14-8-9-16-15(10-14)11-24(2)22-16/h4-11,17,29H,1-3H3,(H,21,26)(H,23,27). The van der Waals surface area contributed by atoms with E-state index in [-0.39, 0.29) is 0 Å². The summed E-state index contributed by atoms with van der Waals surface area (Å²) in [7, 11) is 4.52. The Morgan fingerprint density at radius 3 is 2.34 bits per heavy atom. The van der Waals surface area contributed by atoms with Crippen molar-refractivity contribution < 1.29 is 19.6 Å². The van der Waals surface area contributed by atoms with Crippen molar-refractivity contribution in [3.05, 3.63) is 54.2 Å². The Morgan fingerprint density at radius 2 is 1.72 bits per heavy atom. The maximum atomic E-state index is 12.7. The van der Waals surface area contributed by atoms with Crippen LogP contribution in [0.1, 0.15) is 10.4 Å². The summed E-state index contributed by atoms with van der Waals surface area (Å²) in [5.74, 6) is -2.24. The van der Waals surface area contributed by atoms with Crippen LogP contribution in [0.25, 0.3) is 22.0 Å². The third kappa shape index (κ3) is 3.94. The molecule has 0 aliphatic heterocycles. The third-order valence-electron chi connectivity index (χ3n) is 4.65. The van der Waals surface area contributed by atoms with E-state index in [1.807, 2.05) is 31.4 Å². The van der Waals surface area contributed by atoms with E-state index in [0.717, 1.165) is 26.9 Å². The summed E-state index contributed by atoms with van der Waals surface area (Å²) in [4.78, 5) is 37.5. The van der Waals surface area contributed by atoms with Crippen LogP contribution < -0.4 is 10.8 Å². The van der Waals surface area contributed by atoms with Crippen LogP contribution in [0.2, 0.25) is 0 Å². The number of nitrogens with zero attached hydrogens (tertiary/aromatic N) is 3. The largest absolute Gasteiger partial charge is 0.357 e. The van der Waals surface area contributed by atoms with Gasteiger partial charge in [-0.15, -0.1) is 0 Å². The number of likely N-dealkylation sites (N-methyl/N-ethyl adjacent to an activating group) is 2. The Hall–Kier alpha value is -3.72. The van der Waals surface area contributed by atoms with Gasteiger partial charge in [-0.25, -0.2) is 5.48 Å². The fourth-order valence-electron chi connectivity index (χ4n) is 3.12. The van der Waals surface area contributed by atoms with Gasteiger partial charge in [0, 0.05) is 38.3 Å². The summed E-state index contributed by atoms with van der Waals surface area (Å²) < 4.78 is 1.75. The Kier molecular flexibility index (Phi) is 5.60. The maximum absolute atomic E-state index is 12.7. The van der Waals surface area contributed by atoms with Gasteiger partial charge in [-0.2, -0.15) is 5.10 Å². The number of aryl methyl sites for hydroxylation is 1. The molecule has 3 amide bonds. The van der Waals surface area contributed by atoms with Crippen molar-refractivity contribution in [1.29, 1.82) is 0 Å². The van der Waals surface area contributed by atoms with Crippen LogP contribution in [0.3, 0.4) is 0 Å². The number of benzene rings is 2. The zero-order valence-corrected chi connectivity index (χ0v) is 16.2. The molecule has 0 saturated heterocycles. The zero-order valence-electron chi connectivity index (χ0n) is 16.2. The molecule has 1 atom stereocenters. The molecule has 1 aromatic heterocycles. The molecule has 3 aromatic rings. The SMILES string of the molecule is CNC(=O)C(C(=O)NO)N(C)C(=O)c1ccc(-c2ccc3nn(C)cc3c2)cc1. The molecule has 3 N–H and O–H groups in total. The van der Waals surface area contributed by atoms with E-state index >= 15 is 0 Å². The lowest BCUT2D eigenvalue weighted by molar-refractivity contribution is -0.140. The first-order valence-electron chi connectivity index (χ1n) is 8.82. The van der Waals surface area contributed by atoms with Gasteiger partial charge in [0.25, 0.3) is 17.7 Å². The molecule has 0 fully saturated rings. The van der Waals surface area contributed by atoms with Crippen molar-refractivity contribution >= 4 is 28.6 Å². The van der Waals surface area contributed by atoms with Crippen LogP contribution in [0, 0.1) is 0 Å². The number of nitrogens with one attached hydrogen (secondary N) is 2. The molecule has 9 nitrogen and oxygen atoms in total. The molecule has 1 unspecified atom stereocenters. The van der Waals surface area contributed by atoms with Crippen molar-refractivity contribution in [3.63, 3.8) is 0 Å². The topological polar surface area (TPSA) is 117 Å². The lowest BCUT2D eigenvalue weighted by atomic mass is 10.0. The number of rotatable bonds is 5. The highest BCUT2D eigenvalue weighted by Gasteiger charge is 2.33. The van der Waals surface area contributed by atoms with Crippen LogP contribution in [-0.4, -0.2) is 57.7 Å². The lowest BCUT2D eigenvalue weighted by Crippen LogP contribution is -2.54. The number of carbonyl (C=O) groups is 3. The molecule has 0 spiro atoms. The quantitative estimate of drug-likeness (QED) is 0.338. The number of carbonyl (C=O) groups excluding carboxylic acids is 3. The van der Waals surface area contributed by atoms with Gasteiger partial charge >= 0.3 is 0 Å². The number of hydroxylamine groups is 1. The van der Waals surface area contributed by atoms with Gasteiger partial charge < -0.3 is 10.2 Å². The van der Waals surface area contributed by atoms with Crippen LogP contribution in [0.15, 0.2) is 48.7 Å². The minimum absolute atomic E-state index is 0.304. The van der Waals surface area contributed by atoms with Gasteiger partial charge in [0.05, 0.1) is 5.52 Å². The first kappa shape index (κ1) is 20.0. The van der Waals surface area contributed by atoms with Crippen molar-refractivity contribution in [1.82, 2.24) is 25.5 Å². The van der Waals surface area contributed by atoms with E-state index in [2.05, 4.69) is 10.4 Å². The summed E-state index contributed by atoms with van der Waals surface area (Å²) in [6.45, 7) is 0. The van der Waals surface area contributed by atoms with E-state index in [1.165, 1.54) is 19.6 Å². The van der Waals surface area contributed by atoms with E-state index in [4.69, 9.17) is 5.21 Å². The van der Waals surface area contributed by atoms with Gasteiger partial charge in [-0.05, 0) is 35.4 Å². The van der Waals surface area contributed by atoms with Gasteiger partial charge in [0.1, 0.15) is 0 Å². The van der Waals surface area contributed by atoms with E-state index in [0.29, 0.717) is 5.56 Å². The van der Waals surface area contributed by atoms with Gasteiger partial charge in [0.15, 0.2) is 6.04 Å². The van der Waals surface area contributed by atoms with Crippen molar-refractivity contribution in [3.8, 4) is 11.1 Å². The molecule has 0 saturated carbocycles. The molecule has 0 aliphatic carbocycles. The van der Waals surface area contributed by atoms with E-state index < -0.39 is 23.8 Å². The second-order valence-electron chi connectivity index (χ2n) is 6.56. The first-order chi connectivity index (χ1) is 13.8. The van der Waals surface area contributed by atoms with Gasteiger partial charge in [-0.1, -0.05) is 18.2 Å². The first-order valence-corrected chi connectivity index (χ1v) is 8.82. The summed E-state index contributed by atoms with van der Waals surface area (Å²) >= 11 is 0. The molecular weight excluding hydrogens is 374 g/mol. The average molecular weight is 395 g/mol. The molecule has 150 valence electrons. The summed E-state index contributed by atoms with van der Waals surface area (Å²) in [5.41, 5.74) is 4.49. The summed E-state index contributed by atoms with van der Waals surface area (Å²) in [6, 6.07) is 11.2. The molecule has 29 heavy (non-hydrogen) atoms. The summed E-state index contributed by atoms with van der Waals surface area (Å²) in [5, 5.41) is 16.5. The number of hydrogen-bond donors (Lipinski definition) is 3. The minimum atomic E-state index is -1.50. The van der Waals surface area contributed by atoms with Gasteiger partial charge in [-0.3, -0.25) is 24.3 Å². The van der Waals surface area contributed by atoms with Crippen molar-refractivity contribution in [2.75, 3.05) is 14.1 Å². The van der Waals surface area contributed by atoms with E-state index in [9.17, 15) is 14.4 Å². The Balaban J connectivity index is 1.85. The Labute approximate surface area is 166 Å². The number of aromatic nitrogens is 2. The normalized spacial score (nSPS) is 11.7. The van der Waals surface area contributed by atoms with Crippen molar-refractivity contribution in [2.24, 2.45) is 7.05 Å². The predicted octanol–water partition coefficient (Wildman–Crippen LogP) is 0.932. The smallest absolute Gasteiger partial charge is 0.275 e. The number of hydrogen-bond acceptors (Lipinski definition) is 5. The molecule has 3 rings (SSSR count). The Morgan fingerprint density at radius 1 is 1.07 bits per heavy atom. The second-order valence-corrected chi connectivity index (χ2v) is 6.56. The van der Waals surface area contributed by atoms with Crippen LogP contribution in [0.4, 0.5) is 0 Å². The highest BCUT2D eigenvalue weighted by atomic mass is 16.5. The molecule has 0 radical (unpaired) electrons. The Bertz CT molecular complexity index is 1060. The van der Waals surface area contributed by atoms with Gasteiger partial charge in [0.2, 0.25) is 0 Å². The van der Waals surface area contributed by atoms with Crippen LogP contribution in [0.5, 0.6) is 0 Å². The lowest BCUT2D eigenvalue weighted by Gasteiger charge is -2.25. The monoisotopic (exact) mass is 395 g/mol. The zero-order chi connectivity index (χ0) is 21.1. The number of amides is 3. The third-order valence-corrected chi connectivity index (χ3v) is 4.65. The van der Waals surface area contributed by atoms with Crippen LogP contribution in [-0.2, 0) is 16.6 Å². The summed E-state index contributed by atoms with van der Waals surface area (Å²) in [6.07, 6.45) is 1.93. The molecule has 2 aromatic carbocycles. The minimum Gasteiger partial charge on any atom is -0.357 e. The average Bonchev–Trinajstić information content (AvgIpc) is 3.12. The maximum Gasteiger partial charge on any atom is 0.275 e. The highest BCUT2D eigenvalue weighted by molar-refractivity contribution is 6.08. The highest BCUT2D eigenvalue weighted by Crippen LogP contribution is 2.24. The second kappa shape index (κ2) is 8.11. The van der Waals surface area contributed by atoms with E-state index in [1.54, 1.807) is 28.9 Å². The molecule has 1 heterocycles. The molecular formula is C20H21N5O4. The molecule has 0 bridgehead atoms.